The molecule has 2 aromatic rings. The first-order valence-corrected chi connectivity index (χ1v) is 6.00. The number of hydrogen-bond donors (Lipinski definition) is 1. The molecule has 4 nitrogen and oxygen atoms in total. The van der Waals surface area contributed by atoms with Gasteiger partial charge in [-0.25, -0.2) is 0 Å². The van der Waals surface area contributed by atoms with Gasteiger partial charge in [0.15, 0.2) is 0 Å². The second-order valence-corrected chi connectivity index (χ2v) is 3.90. The number of esters is 1. The number of rotatable bonds is 5. The van der Waals surface area contributed by atoms with Crippen molar-refractivity contribution < 1.29 is 9.53 Å². The van der Waals surface area contributed by atoms with Crippen LogP contribution in [-0.2, 0) is 16.1 Å². The zero-order valence-corrected chi connectivity index (χ0v) is 10.3. The molecule has 2 rings (SSSR count). The molecule has 0 atom stereocenters. The normalized spacial score (nSPS) is 10.5. The molecule has 0 aliphatic carbocycles. The summed E-state index contributed by atoms with van der Waals surface area (Å²) < 4.78 is 4.85. The number of hydrogen-bond acceptors (Lipinski definition) is 4. The maximum absolute atomic E-state index is 11.2. The highest BCUT2D eigenvalue weighted by atomic mass is 16.5. The standard InChI is InChI=1S/C14H16N2O2/c1-2-18-14(17)10-15-9-11-7-8-16-13-6-4-3-5-12(11)13/h3-8,15H,2,9-10H2,1H3. The van der Waals surface area contributed by atoms with Gasteiger partial charge in [-0.3, -0.25) is 9.78 Å². The van der Waals surface area contributed by atoms with Crippen molar-refractivity contribution in [3.8, 4) is 0 Å². The minimum atomic E-state index is -0.226. The van der Waals surface area contributed by atoms with Crippen molar-refractivity contribution in [3.05, 3.63) is 42.1 Å². The fourth-order valence-corrected chi connectivity index (χ4v) is 1.82. The lowest BCUT2D eigenvalue weighted by atomic mass is 10.1. The SMILES string of the molecule is CCOC(=O)CNCc1ccnc2ccccc12. The summed E-state index contributed by atoms with van der Waals surface area (Å²) in [4.78, 5) is 15.5. The van der Waals surface area contributed by atoms with E-state index in [0.717, 1.165) is 16.5 Å². The van der Waals surface area contributed by atoms with Crippen LogP contribution in [-0.4, -0.2) is 24.1 Å². The van der Waals surface area contributed by atoms with Crippen molar-refractivity contribution in [2.45, 2.75) is 13.5 Å². The van der Waals surface area contributed by atoms with Gasteiger partial charge >= 0.3 is 5.97 Å². The van der Waals surface area contributed by atoms with Crippen LogP contribution >= 0.6 is 0 Å². The van der Waals surface area contributed by atoms with Crippen LogP contribution in [0.2, 0.25) is 0 Å². The number of benzene rings is 1. The molecule has 1 aromatic carbocycles. The Labute approximate surface area is 106 Å². The van der Waals surface area contributed by atoms with Gasteiger partial charge in [-0.15, -0.1) is 0 Å². The molecule has 1 N–H and O–H groups in total. The van der Waals surface area contributed by atoms with Gasteiger partial charge in [-0.05, 0) is 24.6 Å². The summed E-state index contributed by atoms with van der Waals surface area (Å²) in [7, 11) is 0. The largest absolute Gasteiger partial charge is 0.465 e. The summed E-state index contributed by atoms with van der Waals surface area (Å²) in [6.45, 7) is 3.07. The van der Waals surface area contributed by atoms with Gasteiger partial charge in [-0.2, -0.15) is 0 Å². The van der Waals surface area contributed by atoms with Crippen LogP contribution in [0, 0.1) is 0 Å². The number of pyridine rings is 1. The molecule has 4 heteroatoms. The van der Waals surface area contributed by atoms with E-state index in [4.69, 9.17) is 4.74 Å². The Morgan fingerprint density at radius 3 is 3.00 bits per heavy atom. The number of carbonyl (C=O) groups is 1. The molecule has 0 saturated heterocycles. The highest BCUT2D eigenvalue weighted by Crippen LogP contribution is 2.15. The minimum Gasteiger partial charge on any atom is -0.465 e. The van der Waals surface area contributed by atoms with E-state index >= 15 is 0 Å². The van der Waals surface area contributed by atoms with Crippen LogP contribution < -0.4 is 5.32 Å². The predicted octanol–water partition coefficient (Wildman–Crippen LogP) is 1.89. The number of ether oxygens (including phenoxy) is 1. The third-order valence-electron chi connectivity index (χ3n) is 2.63. The second kappa shape index (κ2) is 6.12. The Kier molecular flexibility index (Phi) is 4.25. The Bertz CT molecular complexity index is 535. The molecule has 0 aliphatic rings. The highest BCUT2D eigenvalue weighted by Gasteiger charge is 2.03. The molecular formula is C14H16N2O2. The Morgan fingerprint density at radius 1 is 1.33 bits per heavy atom. The van der Waals surface area contributed by atoms with Gasteiger partial charge in [-0.1, -0.05) is 18.2 Å². The number of nitrogens with one attached hydrogen (secondary N) is 1. The molecule has 0 fully saturated rings. The van der Waals surface area contributed by atoms with Gasteiger partial charge < -0.3 is 10.1 Å². The number of para-hydroxylation sites is 1. The molecule has 0 unspecified atom stereocenters. The first kappa shape index (κ1) is 12.5. The lowest BCUT2D eigenvalue weighted by molar-refractivity contribution is -0.142. The van der Waals surface area contributed by atoms with E-state index in [0.29, 0.717) is 13.2 Å². The smallest absolute Gasteiger partial charge is 0.319 e. The molecule has 18 heavy (non-hydrogen) atoms. The van der Waals surface area contributed by atoms with Gasteiger partial charge in [0.05, 0.1) is 18.7 Å². The van der Waals surface area contributed by atoms with E-state index in [-0.39, 0.29) is 12.5 Å². The van der Waals surface area contributed by atoms with Crippen molar-refractivity contribution in [3.63, 3.8) is 0 Å². The fraction of sp³-hybridized carbons (Fsp3) is 0.286. The fourth-order valence-electron chi connectivity index (χ4n) is 1.82. The van der Waals surface area contributed by atoms with Gasteiger partial charge in [0, 0.05) is 18.1 Å². The quantitative estimate of drug-likeness (QED) is 0.816. The molecule has 0 aliphatic heterocycles. The second-order valence-electron chi connectivity index (χ2n) is 3.90. The van der Waals surface area contributed by atoms with Crippen molar-refractivity contribution in [2.75, 3.05) is 13.2 Å². The molecule has 0 saturated carbocycles. The average molecular weight is 244 g/mol. The Hall–Kier alpha value is -1.94. The van der Waals surface area contributed by atoms with E-state index in [1.165, 1.54) is 0 Å². The molecular weight excluding hydrogens is 228 g/mol. The van der Waals surface area contributed by atoms with Crippen LogP contribution in [0.15, 0.2) is 36.5 Å². The molecule has 1 aromatic heterocycles. The van der Waals surface area contributed by atoms with E-state index in [2.05, 4.69) is 10.3 Å². The number of fused-ring (bicyclic) bond motifs is 1. The lowest BCUT2D eigenvalue weighted by Gasteiger charge is -2.07. The first-order chi connectivity index (χ1) is 8.81. The number of nitrogens with zero attached hydrogens (tertiary/aromatic N) is 1. The average Bonchev–Trinajstić information content (AvgIpc) is 2.39. The summed E-state index contributed by atoms with van der Waals surface area (Å²) >= 11 is 0. The van der Waals surface area contributed by atoms with Crippen molar-refractivity contribution >= 4 is 16.9 Å². The maximum atomic E-state index is 11.2. The van der Waals surface area contributed by atoms with E-state index in [1.54, 1.807) is 13.1 Å². The first-order valence-electron chi connectivity index (χ1n) is 6.00. The summed E-state index contributed by atoms with van der Waals surface area (Å²) in [6.07, 6.45) is 1.78. The van der Waals surface area contributed by atoms with E-state index in [1.807, 2.05) is 30.3 Å². The summed E-state index contributed by atoms with van der Waals surface area (Å²) in [5.74, 6) is -0.226. The third-order valence-corrected chi connectivity index (χ3v) is 2.63. The highest BCUT2D eigenvalue weighted by molar-refractivity contribution is 5.81. The van der Waals surface area contributed by atoms with Gasteiger partial charge in [0.1, 0.15) is 0 Å². The summed E-state index contributed by atoms with van der Waals surface area (Å²) in [5, 5.41) is 4.18. The molecule has 0 radical (unpaired) electrons. The molecule has 1 heterocycles. The Balaban J connectivity index is 2.01. The maximum Gasteiger partial charge on any atom is 0.319 e. The van der Waals surface area contributed by atoms with Crippen LogP contribution in [0.25, 0.3) is 10.9 Å². The lowest BCUT2D eigenvalue weighted by Crippen LogP contribution is -2.24. The zero-order chi connectivity index (χ0) is 12.8. The Morgan fingerprint density at radius 2 is 2.17 bits per heavy atom. The van der Waals surface area contributed by atoms with Crippen LogP contribution in [0.5, 0.6) is 0 Å². The third kappa shape index (κ3) is 3.05. The van der Waals surface area contributed by atoms with Gasteiger partial charge in [0.2, 0.25) is 0 Å². The molecule has 0 amide bonds. The summed E-state index contributed by atoms with van der Waals surface area (Å²) in [5.41, 5.74) is 2.10. The van der Waals surface area contributed by atoms with Crippen LogP contribution in [0.3, 0.4) is 0 Å². The molecule has 0 bridgehead atoms. The predicted molar refractivity (Wildman–Crippen MR) is 70.1 cm³/mol. The van der Waals surface area contributed by atoms with Gasteiger partial charge in [0.25, 0.3) is 0 Å². The minimum absolute atomic E-state index is 0.226. The topological polar surface area (TPSA) is 51.2 Å². The zero-order valence-electron chi connectivity index (χ0n) is 10.3. The van der Waals surface area contributed by atoms with Crippen LogP contribution in [0.4, 0.5) is 0 Å². The van der Waals surface area contributed by atoms with E-state index < -0.39 is 0 Å². The number of aromatic nitrogens is 1. The monoisotopic (exact) mass is 244 g/mol. The van der Waals surface area contributed by atoms with Crippen molar-refractivity contribution in [1.82, 2.24) is 10.3 Å². The van der Waals surface area contributed by atoms with Crippen molar-refractivity contribution in [1.29, 1.82) is 0 Å². The molecule has 94 valence electrons. The number of carbonyl (C=O) groups excluding carboxylic acids is 1. The molecule has 0 spiro atoms. The summed E-state index contributed by atoms with van der Waals surface area (Å²) in [6, 6.07) is 9.92. The van der Waals surface area contributed by atoms with E-state index in [9.17, 15) is 4.79 Å². The van der Waals surface area contributed by atoms with Crippen molar-refractivity contribution in [2.24, 2.45) is 0 Å². The van der Waals surface area contributed by atoms with Crippen LogP contribution in [0.1, 0.15) is 12.5 Å².